The van der Waals surface area contributed by atoms with Crippen LogP contribution in [0.25, 0.3) is 0 Å². The second-order valence-corrected chi connectivity index (χ2v) is 5.66. The van der Waals surface area contributed by atoms with E-state index in [1.165, 1.54) is 6.42 Å². The molecule has 0 aromatic rings. The maximum atomic E-state index is 12.2. The molecule has 2 N–H and O–H groups in total. The predicted octanol–water partition coefficient (Wildman–Crippen LogP) is 0.503. The van der Waals surface area contributed by atoms with Crippen molar-refractivity contribution in [2.24, 2.45) is 5.92 Å². The lowest BCUT2D eigenvalue weighted by Gasteiger charge is -2.30. The summed E-state index contributed by atoms with van der Waals surface area (Å²) in [5, 5.41) is 6.10. The van der Waals surface area contributed by atoms with Crippen molar-refractivity contribution < 1.29 is 9.59 Å². The quantitative estimate of drug-likeness (QED) is 0.783. The summed E-state index contributed by atoms with van der Waals surface area (Å²) in [6, 6.07) is -0.396. The van der Waals surface area contributed by atoms with Crippen LogP contribution in [0.1, 0.15) is 39.0 Å². The van der Waals surface area contributed by atoms with Crippen molar-refractivity contribution in [3.63, 3.8) is 0 Å². The molecule has 19 heavy (non-hydrogen) atoms. The fourth-order valence-corrected chi connectivity index (χ4v) is 2.86. The summed E-state index contributed by atoms with van der Waals surface area (Å²) < 4.78 is 0. The van der Waals surface area contributed by atoms with E-state index >= 15 is 0 Å². The molecule has 108 valence electrons. The van der Waals surface area contributed by atoms with Gasteiger partial charge < -0.3 is 15.5 Å². The molecule has 1 unspecified atom stereocenters. The van der Waals surface area contributed by atoms with Crippen LogP contribution in [0.3, 0.4) is 0 Å². The van der Waals surface area contributed by atoms with Crippen molar-refractivity contribution in [3.8, 4) is 0 Å². The molecular weight excluding hydrogens is 242 g/mol. The van der Waals surface area contributed by atoms with Gasteiger partial charge in [-0.1, -0.05) is 0 Å². The minimum absolute atomic E-state index is 0.0186. The smallest absolute Gasteiger partial charge is 0.244 e. The number of hydrogen-bond donors (Lipinski definition) is 2. The third kappa shape index (κ3) is 3.93. The van der Waals surface area contributed by atoms with Gasteiger partial charge in [0, 0.05) is 19.6 Å². The summed E-state index contributed by atoms with van der Waals surface area (Å²) >= 11 is 0. The molecule has 2 aliphatic rings. The summed E-state index contributed by atoms with van der Waals surface area (Å²) in [4.78, 5) is 26.2. The SMILES string of the molecule is CC(NC(=O)[C@@H]1CCCNC1)C(=O)N1CCCCC1. The maximum Gasteiger partial charge on any atom is 0.244 e. The van der Waals surface area contributed by atoms with Crippen molar-refractivity contribution in [2.45, 2.75) is 45.1 Å². The zero-order valence-electron chi connectivity index (χ0n) is 11.8. The molecule has 0 aromatic heterocycles. The molecule has 2 heterocycles. The number of nitrogens with zero attached hydrogens (tertiary/aromatic N) is 1. The first kappa shape index (κ1) is 14.3. The first-order valence-corrected chi connectivity index (χ1v) is 7.48. The lowest BCUT2D eigenvalue weighted by molar-refractivity contribution is -0.137. The lowest BCUT2D eigenvalue weighted by atomic mass is 9.98. The van der Waals surface area contributed by atoms with Gasteiger partial charge in [-0.05, 0) is 45.6 Å². The Bertz CT molecular complexity index is 321. The van der Waals surface area contributed by atoms with E-state index in [1.54, 1.807) is 6.92 Å². The Morgan fingerprint density at radius 3 is 2.58 bits per heavy atom. The molecule has 2 saturated heterocycles. The van der Waals surface area contributed by atoms with Crippen molar-refractivity contribution in [2.75, 3.05) is 26.2 Å². The zero-order valence-corrected chi connectivity index (χ0v) is 11.8. The molecule has 5 heteroatoms. The van der Waals surface area contributed by atoms with E-state index in [0.717, 1.165) is 51.9 Å². The van der Waals surface area contributed by atoms with Gasteiger partial charge in [-0.15, -0.1) is 0 Å². The van der Waals surface area contributed by atoms with Crippen LogP contribution >= 0.6 is 0 Å². The first-order valence-electron chi connectivity index (χ1n) is 7.48. The highest BCUT2D eigenvalue weighted by atomic mass is 16.2. The van der Waals surface area contributed by atoms with Gasteiger partial charge in [0.05, 0.1) is 5.92 Å². The largest absolute Gasteiger partial charge is 0.344 e. The van der Waals surface area contributed by atoms with Crippen molar-refractivity contribution in [1.29, 1.82) is 0 Å². The Balaban J connectivity index is 1.80. The fourth-order valence-electron chi connectivity index (χ4n) is 2.86. The monoisotopic (exact) mass is 267 g/mol. The highest BCUT2D eigenvalue weighted by Crippen LogP contribution is 2.12. The molecule has 2 aliphatic heterocycles. The first-order chi connectivity index (χ1) is 9.18. The molecule has 0 saturated carbocycles. The number of amides is 2. The summed E-state index contributed by atoms with van der Waals surface area (Å²) in [7, 11) is 0. The number of piperidine rings is 2. The molecule has 2 amide bonds. The Morgan fingerprint density at radius 2 is 1.95 bits per heavy atom. The van der Waals surface area contributed by atoms with E-state index in [4.69, 9.17) is 0 Å². The summed E-state index contributed by atoms with van der Waals surface area (Å²) in [5.41, 5.74) is 0. The minimum atomic E-state index is -0.396. The topological polar surface area (TPSA) is 61.4 Å². The van der Waals surface area contributed by atoms with E-state index in [0.29, 0.717) is 0 Å². The molecule has 2 rings (SSSR count). The number of carbonyl (C=O) groups is 2. The molecule has 2 fully saturated rings. The number of carbonyl (C=O) groups excluding carboxylic acids is 2. The summed E-state index contributed by atoms with van der Waals surface area (Å²) in [6.07, 6.45) is 5.33. The van der Waals surface area contributed by atoms with Crippen molar-refractivity contribution in [1.82, 2.24) is 15.5 Å². The average molecular weight is 267 g/mol. The van der Waals surface area contributed by atoms with E-state index in [1.807, 2.05) is 4.90 Å². The molecule has 0 spiro atoms. The van der Waals surface area contributed by atoms with Crippen LogP contribution in [0.2, 0.25) is 0 Å². The predicted molar refractivity (Wildman–Crippen MR) is 73.6 cm³/mol. The van der Waals surface area contributed by atoms with Gasteiger partial charge in [-0.25, -0.2) is 0 Å². The zero-order chi connectivity index (χ0) is 13.7. The number of nitrogens with one attached hydrogen (secondary N) is 2. The van der Waals surface area contributed by atoms with Crippen LogP contribution in [0.4, 0.5) is 0 Å². The fraction of sp³-hybridized carbons (Fsp3) is 0.857. The van der Waals surface area contributed by atoms with Gasteiger partial charge in [0.25, 0.3) is 0 Å². The molecule has 0 aromatic carbocycles. The molecule has 5 nitrogen and oxygen atoms in total. The Hall–Kier alpha value is -1.10. The lowest BCUT2D eigenvalue weighted by Crippen LogP contribution is -2.51. The second kappa shape index (κ2) is 6.89. The molecule has 0 bridgehead atoms. The molecular formula is C14H25N3O2. The molecule has 0 aliphatic carbocycles. The summed E-state index contributed by atoms with van der Waals surface area (Å²) in [6.45, 7) is 5.20. The van der Waals surface area contributed by atoms with Crippen LogP contribution in [-0.4, -0.2) is 48.9 Å². The van der Waals surface area contributed by atoms with E-state index in [-0.39, 0.29) is 17.7 Å². The van der Waals surface area contributed by atoms with E-state index in [2.05, 4.69) is 10.6 Å². The molecule has 2 atom stereocenters. The molecule has 0 radical (unpaired) electrons. The van der Waals surface area contributed by atoms with Gasteiger partial charge in [0.15, 0.2) is 0 Å². The Morgan fingerprint density at radius 1 is 1.21 bits per heavy atom. The van der Waals surface area contributed by atoms with Crippen LogP contribution in [0.15, 0.2) is 0 Å². The van der Waals surface area contributed by atoms with Crippen LogP contribution < -0.4 is 10.6 Å². The van der Waals surface area contributed by atoms with Gasteiger partial charge in [-0.2, -0.15) is 0 Å². The maximum absolute atomic E-state index is 12.2. The van der Waals surface area contributed by atoms with Crippen LogP contribution in [0.5, 0.6) is 0 Å². The van der Waals surface area contributed by atoms with E-state index in [9.17, 15) is 9.59 Å². The van der Waals surface area contributed by atoms with E-state index < -0.39 is 6.04 Å². The summed E-state index contributed by atoms with van der Waals surface area (Å²) in [5.74, 6) is 0.104. The standard InChI is InChI=1S/C14H25N3O2/c1-11(14(19)17-8-3-2-4-9-17)16-13(18)12-6-5-7-15-10-12/h11-12,15H,2-10H2,1H3,(H,16,18)/t11?,12-/m1/s1. The van der Waals surface area contributed by atoms with Gasteiger partial charge in [0.1, 0.15) is 6.04 Å². The van der Waals surface area contributed by atoms with Crippen molar-refractivity contribution in [3.05, 3.63) is 0 Å². The number of likely N-dealkylation sites (tertiary alicyclic amines) is 1. The third-order valence-corrected chi connectivity index (χ3v) is 4.06. The van der Waals surface area contributed by atoms with Gasteiger partial charge in [-0.3, -0.25) is 9.59 Å². The Kier molecular flexibility index (Phi) is 5.19. The van der Waals surface area contributed by atoms with Crippen molar-refractivity contribution >= 4 is 11.8 Å². The Labute approximate surface area is 115 Å². The number of rotatable bonds is 3. The average Bonchev–Trinajstić information content (AvgIpc) is 2.48. The highest BCUT2D eigenvalue weighted by Gasteiger charge is 2.27. The highest BCUT2D eigenvalue weighted by molar-refractivity contribution is 5.88. The third-order valence-electron chi connectivity index (χ3n) is 4.06. The normalized spacial score (nSPS) is 25.7. The second-order valence-electron chi connectivity index (χ2n) is 5.66. The van der Waals surface area contributed by atoms with Gasteiger partial charge in [0.2, 0.25) is 11.8 Å². The van der Waals surface area contributed by atoms with Crippen LogP contribution in [0, 0.1) is 5.92 Å². The van der Waals surface area contributed by atoms with Crippen LogP contribution in [-0.2, 0) is 9.59 Å². The van der Waals surface area contributed by atoms with Gasteiger partial charge >= 0.3 is 0 Å². The number of hydrogen-bond acceptors (Lipinski definition) is 3. The minimum Gasteiger partial charge on any atom is -0.344 e.